The van der Waals surface area contributed by atoms with E-state index in [-0.39, 0.29) is 19.4 Å². The maximum atomic E-state index is 12.8. The van der Waals surface area contributed by atoms with Gasteiger partial charge in [-0.1, -0.05) is 194 Å². The molecule has 1 unspecified atom stereocenters. The smallest absolute Gasteiger partial charge is 0.407 e. The Morgan fingerprint density at radius 2 is 0.645 bits per heavy atom. The number of nitrogens with one attached hydrogen (secondary N) is 1. The summed E-state index contributed by atoms with van der Waals surface area (Å²) in [4.78, 5) is 68.7. The lowest BCUT2D eigenvalue weighted by atomic mass is 10.0. The van der Waals surface area contributed by atoms with Crippen LogP contribution in [-0.4, -0.2) is 81.4 Å². The third kappa shape index (κ3) is 88.5. The summed E-state index contributed by atoms with van der Waals surface area (Å²) >= 11 is 0. The number of amides is 1. The van der Waals surface area contributed by atoms with Crippen LogP contribution in [0.2, 0.25) is 0 Å². The molecule has 2 N–H and O–H groups in total. The van der Waals surface area contributed by atoms with E-state index in [0.29, 0.717) is 19.1 Å². The molecule has 0 heterocycles. The van der Waals surface area contributed by atoms with Gasteiger partial charge < -0.3 is 48.2 Å². The van der Waals surface area contributed by atoms with E-state index in [1.165, 1.54) is 128 Å². The van der Waals surface area contributed by atoms with Crippen molar-refractivity contribution in [2.45, 2.75) is 225 Å². The van der Waals surface area contributed by atoms with Crippen LogP contribution in [0.25, 0.3) is 0 Å². The minimum atomic E-state index is -5.02. The van der Waals surface area contributed by atoms with Crippen LogP contribution < -0.4 is 10.2 Å². The van der Waals surface area contributed by atoms with Crippen molar-refractivity contribution in [1.29, 1.82) is 0 Å². The summed E-state index contributed by atoms with van der Waals surface area (Å²) < 4.78 is 42.4. The first-order valence-corrected chi connectivity index (χ1v) is 33.7. The summed E-state index contributed by atoms with van der Waals surface area (Å²) in [5, 5.41) is 162. The second-order valence-electron chi connectivity index (χ2n) is 19.6. The molecule has 634 valence electrons. The molecule has 0 radical (unpaired) electrons. The van der Waals surface area contributed by atoms with E-state index in [1.807, 2.05) is 0 Å². The zero-order chi connectivity index (χ0) is 77.4. The molecule has 0 rings (SSSR count). The van der Waals surface area contributed by atoms with Crippen LogP contribution in [0.5, 0.6) is 0 Å². The van der Waals surface area contributed by atoms with Gasteiger partial charge in [0, 0.05) is 191 Å². The quantitative estimate of drug-likeness (QED) is 0.0109. The van der Waals surface area contributed by atoms with E-state index < -0.39 is 77.6 Å². The number of carboxylic acids is 1. The van der Waals surface area contributed by atoms with Gasteiger partial charge in [0.05, 0.1) is 13.2 Å². The molecule has 2 atom stereocenters. The Labute approximate surface area is 603 Å². The number of carbonyl (C=O) groups is 4. The van der Waals surface area contributed by atoms with Gasteiger partial charge in [-0.05, 0) is 53.1 Å². The number of rotatable bonds is 92. The van der Waals surface area contributed by atoms with E-state index in [0.717, 1.165) is 57.6 Å². The fourth-order valence-electron chi connectivity index (χ4n) is 7.37. The number of unbranched alkanes of at least 4 members (excludes halogenated alkanes) is 28. The van der Waals surface area contributed by atoms with Gasteiger partial charge in [0.2, 0.25) is 0 Å². The van der Waals surface area contributed by atoms with Crippen LogP contribution in [0.3, 0.4) is 0 Å². The topological polar surface area (TPSA) is 602 Å². The number of carboxylic acid groups (broad SMARTS) is 1. The molecule has 0 saturated carbocycles. The molecular weight excluding hydrogens is 1530 g/mol. The maximum Gasteiger partial charge on any atom is 0.407 e. The van der Waals surface area contributed by atoms with Crippen LogP contribution >= 0.6 is 7.82 Å². The third-order valence-corrected chi connectivity index (χ3v) is 12.7. The minimum Gasteiger partial charge on any atom is -0.756 e. The molecule has 0 aromatic heterocycles. The number of alkyl carbamates (subject to hydrolysis) is 1. The summed E-state index contributed by atoms with van der Waals surface area (Å²) in [7, 11) is -5.02. The zero-order valence-corrected chi connectivity index (χ0v) is 58.5. The molecular formula is C48H89NO57P-. The number of esters is 2. The first kappa shape index (κ1) is 102. The Balaban J connectivity index is 3.85. The van der Waals surface area contributed by atoms with Crippen LogP contribution in [0.4, 0.5) is 4.79 Å². The fourth-order valence-corrected chi connectivity index (χ4v) is 8.11. The first-order valence-electron chi connectivity index (χ1n) is 32.2. The van der Waals surface area contributed by atoms with Crippen LogP contribution in [0.1, 0.15) is 219 Å². The Kier molecular flexibility index (Phi) is 83.3. The highest BCUT2D eigenvalue weighted by molar-refractivity contribution is 7.45. The van der Waals surface area contributed by atoms with E-state index in [9.17, 15) is 28.6 Å². The predicted octanol–water partition coefficient (Wildman–Crippen LogP) is 8.84. The fraction of sp³-hybridized carbons (Fsp3) is 0.875. The third-order valence-electron chi connectivity index (χ3n) is 11.8. The number of hydrogen-bond acceptors (Lipinski definition) is 56. The van der Waals surface area contributed by atoms with Crippen molar-refractivity contribution in [2.24, 2.45) is 0 Å². The van der Waals surface area contributed by atoms with E-state index in [4.69, 9.17) is 28.4 Å². The highest BCUT2D eigenvalue weighted by Crippen LogP contribution is 2.38. The molecule has 0 fully saturated rings. The molecule has 0 spiro atoms. The largest absolute Gasteiger partial charge is 0.756 e. The lowest BCUT2D eigenvalue weighted by molar-refractivity contribution is -0.909. The predicted molar refractivity (Wildman–Crippen MR) is 294 cm³/mol. The molecule has 0 aromatic rings. The van der Waals surface area contributed by atoms with Crippen molar-refractivity contribution in [2.75, 3.05) is 46.2 Å². The Hall–Kier alpha value is -4.59. The van der Waals surface area contributed by atoms with Crippen molar-refractivity contribution in [3.05, 3.63) is 12.5 Å². The SMILES string of the molecule is CCCCCCCCCCCCCCCCCC(=O)OC[C@H](COP(=O)([O-])OCCNC(=O)OCCOOOOOOOOOOOOOOOOOOOOOOOOOOOOOOOOOOOOOOOOOOOO/C=C\OCC(=O)O)OC(=O)CCCCCCCCCCCCCCCCC. The molecule has 0 aliphatic carbocycles. The summed E-state index contributed by atoms with van der Waals surface area (Å²) in [5.74, 6) is -2.35. The van der Waals surface area contributed by atoms with Gasteiger partial charge >= 0.3 is 24.0 Å². The molecule has 0 aliphatic rings. The Morgan fingerprint density at radius 1 is 0.346 bits per heavy atom. The van der Waals surface area contributed by atoms with Crippen LogP contribution in [-0.2, 0) is 268 Å². The summed E-state index contributed by atoms with van der Waals surface area (Å²) in [6, 6.07) is 0. The van der Waals surface area contributed by atoms with E-state index in [2.05, 4.69) is 245 Å². The van der Waals surface area contributed by atoms with E-state index in [1.54, 1.807) is 0 Å². The van der Waals surface area contributed by atoms with Gasteiger partial charge in [-0.3, -0.25) is 14.2 Å². The van der Waals surface area contributed by atoms with Gasteiger partial charge in [-0.2, -0.15) is 0 Å². The van der Waals surface area contributed by atoms with Gasteiger partial charge in [0.1, 0.15) is 26.1 Å². The van der Waals surface area contributed by atoms with Gasteiger partial charge in [-0.25, -0.2) is 14.5 Å². The van der Waals surface area contributed by atoms with Gasteiger partial charge in [0.25, 0.3) is 7.82 Å². The molecule has 0 aliphatic heterocycles. The zero-order valence-electron chi connectivity index (χ0n) is 57.6. The lowest BCUT2D eigenvalue weighted by Crippen LogP contribution is -2.31. The monoisotopic (exact) mass is 1620 g/mol. The minimum absolute atomic E-state index is 0.0910. The Morgan fingerprint density at radius 3 is 0.972 bits per heavy atom. The molecule has 107 heavy (non-hydrogen) atoms. The van der Waals surface area contributed by atoms with E-state index >= 15 is 0 Å². The highest BCUT2D eigenvalue weighted by Gasteiger charge is 2.22. The number of carbonyl (C=O) groups excluding carboxylic acids is 3. The second kappa shape index (κ2) is 87.0. The Bertz CT molecular complexity index is 1950. The van der Waals surface area contributed by atoms with Crippen molar-refractivity contribution in [3.8, 4) is 0 Å². The lowest BCUT2D eigenvalue weighted by Gasteiger charge is -2.25. The van der Waals surface area contributed by atoms with Gasteiger partial charge in [0.15, 0.2) is 19.0 Å². The van der Waals surface area contributed by atoms with Crippen LogP contribution in [0.15, 0.2) is 12.5 Å². The summed E-state index contributed by atoms with van der Waals surface area (Å²) in [5.41, 5.74) is 0. The normalized spacial score (nSPS) is 12.4. The van der Waals surface area contributed by atoms with Crippen molar-refractivity contribution in [1.82, 2.24) is 5.32 Å². The summed E-state index contributed by atoms with van der Waals surface area (Å²) in [6.45, 7) is 0.816. The number of phosphoric acid groups is 1. The first-order chi connectivity index (χ1) is 52.6. The highest BCUT2D eigenvalue weighted by atomic mass is 31.2. The number of phosphoric ester groups is 1. The van der Waals surface area contributed by atoms with Crippen LogP contribution in [0, 0.1) is 0 Å². The molecule has 0 aromatic carbocycles. The number of aliphatic carboxylic acids is 1. The standard InChI is InChI=1S/C48H90NO57P/c1-3-5-7-9-11-13-15-17-19-21-23-25-27-29-31-33-46(52)59-41-44(64-47(53)34-32-30-28-26-24-22-20-18-16-14-12-10-8-6-4-2)42-63-107(55,56)62-36-35-49-48(54)58-38-40-61-66-68-70-72-74-76-78-80-82-84-86-88-90-92-94-96-98-100-102-104-106-105-103-101-99-97-95-93-91-89-87-85-83-81-79-77-75-73-71-69-67-65-60-39-37-57-43-45(50)51/h37,39,44H,3-36,38,40-43H2,1-2H3,(H,49,54)(H,50,51)(H,55,56)/p-1/b39-37-/t44-/m1/s1. The molecule has 58 nitrogen and oxygen atoms in total. The summed E-state index contributed by atoms with van der Waals surface area (Å²) in [6.07, 6.45) is 34.5. The van der Waals surface area contributed by atoms with Gasteiger partial charge in [-0.15, -0.1) is 0 Å². The van der Waals surface area contributed by atoms with Crippen molar-refractivity contribution in [3.63, 3.8) is 0 Å². The molecule has 0 bridgehead atoms. The average molecular weight is 1620 g/mol. The van der Waals surface area contributed by atoms with Crippen molar-refractivity contribution >= 4 is 31.8 Å². The maximum absolute atomic E-state index is 12.8. The number of hydrogen-bond donors (Lipinski definition) is 2. The molecule has 59 heteroatoms. The molecule has 0 saturated heterocycles. The number of ether oxygens (including phenoxy) is 4. The average Bonchev–Trinajstić information content (AvgIpc) is 0.925. The van der Waals surface area contributed by atoms with Crippen molar-refractivity contribution < 1.29 is 283 Å². The molecule has 1 amide bonds. The second-order valence-corrected chi connectivity index (χ2v) is 21.0.